The lowest BCUT2D eigenvalue weighted by atomic mass is 10.2. The zero-order chi connectivity index (χ0) is 11.3. The lowest BCUT2D eigenvalue weighted by Crippen LogP contribution is -2.06. The van der Waals surface area contributed by atoms with Crippen LogP contribution in [-0.2, 0) is 4.79 Å². The van der Waals surface area contributed by atoms with Gasteiger partial charge < -0.3 is 10.4 Å². The fraction of sp³-hybridized carbons (Fsp3) is 0.455. The first-order valence-electron chi connectivity index (χ1n) is 4.99. The summed E-state index contributed by atoms with van der Waals surface area (Å²) in [7, 11) is 0. The molecule has 82 valence electrons. The zero-order valence-corrected chi connectivity index (χ0v) is 9.08. The summed E-state index contributed by atoms with van der Waals surface area (Å²) in [5.41, 5.74) is 2.12. The summed E-state index contributed by atoms with van der Waals surface area (Å²) < 4.78 is 0. The fourth-order valence-electron chi connectivity index (χ4n) is 1.39. The Morgan fingerprint density at radius 2 is 2.20 bits per heavy atom. The van der Waals surface area contributed by atoms with E-state index in [4.69, 9.17) is 5.11 Å². The Hall–Kier alpha value is -1.58. The molecule has 0 bridgehead atoms. The number of rotatable bonds is 5. The molecule has 2 N–H and O–H groups in total. The molecule has 0 amide bonds. The zero-order valence-electron chi connectivity index (χ0n) is 9.08. The van der Waals surface area contributed by atoms with Crippen molar-refractivity contribution in [1.82, 2.24) is 4.98 Å². The number of carboxylic acids is 1. The summed E-state index contributed by atoms with van der Waals surface area (Å²) in [6.07, 6.45) is 0.807. The van der Waals surface area contributed by atoms with E-state index in [1.54, 1.807) is 0 Å². The molecule has 0 radical (unpaired) electrons. The van der Waals surface area contributed by atoms with E-state index in [1.807, 2.05) is 26.0 Å². The van der Waals surface area contributed by atoms with E-state index in [9.17, 15) is 4.79 Å². The van der Waals surface area contributed by atoms with Crippen LogP contribution in [0.5, 0.6) is 0 Å². The fourth-order valence-corrected chi connectivity index (χ4v) is 1.39. The van der Waals surface area contributed by atoms with Crippen molar-refractivity contribution < 1.29 is 9.90 Å². The molecule has 0 atom stereocenters. The molecule has 0 aliphatic heterocycles. The van der Waals surface area contributed by atoms with E-state index < -0.39 is 5.97 Å². The molecule has 1 aromatic rings. The van der Waals surface area contributed by atoms with Crippen molar-refractivity contribution in [1.29, 1.82) is 0 Å². The Morgan fingerprint density at radius 3 is 2.80 bits per heavy atom. The van der Waals surface area contributed by atoms with Crippen molar-refractivity contribution in [2.45, 2.75) is 26.7 Å². The minimum atomic E-state index is -0.759. The quantitative estimate of drug-likeness (QED) is 0.726. The van der Waals surface area contributed by atoms with Crippen molar-refractivity contribution in [3.8, 4) is 0 Å². The topological polar surface area (TPSA) is 62.2 Å². The number of pyridine rings is 1. The average Bonchev–Trinajstić information content (AvgIpc) is 2.10. The summed E-state index contributed by atoms with van der Waals surface area (Å²) >= 11 is 0. The van der Waals surface area contributed by atoms with Crippen molar-refractivity contribution in [2.75, 3.05) is 11.9 Å². The second-order valence-corrected chi connectivity index (χ2v) is 3.60. The summed E-state index contributed by atoms with van der Waals surface area (Å²) in [6.45, 7) is 4.59. The van der Waals surface area contributed by atoms with Crippen LogP contribution in [0.15, 0.2) is 12.1 Å². The standard InChI is InChI=1S/C11H16N2O2/c1-8-6-9(2)13-10(7-8)12-5-3-4-11(14)15/h6-7H,3-5H2,1-2H3,(H,12,13)(H,14,15). The molecule has 4 heteroatoms. The highest BCUT2D eigenvalue weighted by atomic mass is 16.4. The van der Waals surface area contributed by atoms with Gasteiger partial charge in [-0.05, 0) is 38.0 Å². The van der Waals surface area contributed by atoms with E-state index >= 15 is 0 Å². The number of carboxylic acid groups (broad SMARTS) is 1. The van der Waals surface area contributed by atoms with Gasteiger partial charge in [-0.3, -0.25) is 4.79 Å². The highest BCUT2D eigenvalue weighted by Crippen LogP contribution is 2.08. The molecular formula is C11H16N2O2. The average molecular weight is 208 g/mol. The predicted octanol–water partition coefficient (Wildman–Crippen LogP) is 1.98. The molecule has 0 spiro atoms. The highest BCUT2D eigenvalue weighted by molar-refractivity contribution is 5.66. The molecule has 1 heterocycles. The van der Waals surface area contributed by atoms with Crippen molar-refractivity contribution >= 4 is 11.8 Å². The molecule has 0 aliphatic rings. The summed E-state index contributed by atoms with van der Waals surface area (Å²) in [4.78, 5) is 14.6. The van der Waals surface area contributed by atoms with E-state index in [1.165, 1.54) is 0 Å². The Labute approximate surface area is 89.3 Å². The molecule has 0 aromatic carbocycles. The van der Waals surface area contributed by atoms with Gasteiger partial charge in [-0.15, -0.1) is 0 Å². The maximum absolute atomic E-state index is 10.3. The van der Waals surface area contributed by atoms with Gasteiger partial charge in [0.15, 0.2) is 0 Å². The SMILES string of the molecule is Cc1cc(C)nc(NCCCC(=O)O)c1. The first-order valence-corrected chi connectivity index (χ1v) is 4.99. The van der Waals surface area contributed by atoms with Gasteiger partial charge in [0.2, 0.25) is 0 Å². The summed E-state index contributed by atoms with van der Waals surface area (Å²) in [5, 5.41) is 11.6. The van der Waals surface area contributed by atoms with Crippen LogP contribution < -0.4 is 5.32 Å². The Balaban J connectivity index is 2.40. The van der Waals surface area contributed by atoms with Gasteiger partial charge in [-0.2, -0.15) is 0 Å². The Morgan fingerprint density at radius 1 is 1.47 bits per heavy atom. The minimum Gasteiger partial charge on any atom is -0.481 e. The maximum atomic E-state index is 10.3. The van der Waals surface area contributed by atoms with Gasteiger partial charge in [-0.1, -0.05) is 0 Å². The molecule has 0 aliphatic carbocycles. The molecule has 4 nitrogen and oxygen atoms in total. The number of anilines is 1. The molecule has 1 aromatic heterocycles. The number of aliphatic carboxylic acids is 1. The normalized spacial score (nSPS) is 10.0. The first kappa shape index (κ1) is 11.5. The van der Waals surface area contributed by atoms with Crippen LogP contribution in [0, 0.1) is 13.8 Å². The van der Waals surface area contributed by atoms with Crippen LogP contribution >= 0.6 is 0 Å². The molecule has 1 rings (SSSR count). The van der Waals surface area contributed by atoms with E-state index in [-0.39, 0.29) is 6.42 Å². The van der Waals surface area contributed by atoms with Crippen LogP contribution in [0.1, 0.15) is 24.1 Å². The van der Waals surface area contributed by atoms with Crippen molar-refractivity contribution in [3.63, 3.8) is 0 Å². The highest BCUT2D eigenvalue weighted by Gasteiger charge is 1.98. The van der Waals surface area contributed by atoms with Gasteiger partial charge in [0.1, 0.15) is 5.82 Å². The molecule has 0 saturated heterocycles. The molecule has 0 unspecified atom stereocenters. The summed E-state index contributed by atoms with van der Waals surface area (Å²) in [5.74, 6) is 0.0584. The van der Waals surface area contributed by atoms with Crippen LogP contribution in [0.4, 0.5) is 5.82 Å². The molecule has 0 fully saturated rings. The van der Waals surface area contributed by atoms with Crippen molar-refractivity contribution in [2.24, 2.45) is 0 Å². The monoisotopic (exact) mass is 208 g/mol. The lowest BCUT2D eigenvalue weighted by Gasteiger charge is -2.06. The van der Waals surface area contributed by atoms with Gasteiger partial charge >= 0.3 is 5.97 Å². The minimum absolute atomic E-state index is 0.192. The van der Waals surface area contributed by atoms with Crippen molar-refractivity contribution in [3.05, 3.63) is 23.4 Å². The summed E-state index contributed by atoms with van der Waals surface area (Å²) in [6, 6.07) is 3.95. The lowest BCUT2D eigenvalue weighted by molar-refractivity contribution is -0.137. The van der Waals surface area contributed by atoms with Gasteiger partial charge in [-0.25, -0.2) is 4.98 Å². The van der Waals surface area contributed by atoms with Crippen LogP contribution in [0.3, 0.4) is 0 Å². The third-order valence-corrected chi connectivity index (χ3v) is 1.97. The Bertz CT molecular complexity index is 330. The number of hydrogen-bond acceptors (Lipinski definition) is 3. The van der Waals surface area contributed by atoms with E-state index in [2.05, 4.69) is 10.3 Å². The van der Waals surface area contributed by atoms with Gasteiger partial charge in [0, 0.05) is 18.7 Å². The first-order chi connectivity index (χ1) is 7.08. The van der Waals surface area contributed by atoms with Crippen LogP contribution in [-0.4, -0.2) is 22.6 Å². The second kappa shape index (κ2) is 5.34. The van der Waals surface area contributed by atoms with E-state index in [0.29, 0.717) is 13.0 Å². The molecule has 0 saturated carbocycles. The van der Waals surface area contributed by atoms with Gasteiger partial charge in [0.05, 0.1) is 0 Å². The number of aryl methyl sites for hydroxylation is 2. The Kier molecular flexibility index (Phi) is 4.09. The third-order valence-electron chi connectivity index (χ3n) is 1.97. The second-order valence-electron chi connectivity index (χ2n) is 3.60. The number of nitrogens with one attached hydrogen (secondary N) is 1. The number of carbonyl (C=O) groups is 1. The smallest absolute Gasteiger partial charge is 0.303 e. The van der Waals surface area contributed by atoms with Gasteiger partial charge in [0.25, 0.3) is 0 Å². The predicted molar refractivity (Wildman–Crippen MR) is 59.1 cm³/mol. The number of aromatic nitrogens is 1. The molecular weight excluding hydrogens is 192 g/mol. The number of hydrogen-bond donors (Lipinski definition) is 2. The maximum Gasteiger partial charge on any atom is 0.303 e. The number of nitrogens with zero attached hydrogens (tertiary/aromatic N) is 1. The third kappa shape index (κ3) is 4.44. The van der Waals surface area contributed by atoms with Crippen LogP contribution in [0.25, 0.3) is 0 Å². The largest absolute Gasteiger partial charge is 0.481 e. The molecule has 15 heavy (non-hydrogen) atoms. The van der Waals surface area contributed by atoms with E-state index in [0.717, 1.165) is 17.1 Å². The van der Waals surface area contributed by atoms with Crippen LogP contribution in [0.2, 0.25) is 0 Å².